The Balaban J connectivity index is 2.65. The third-order valence-electron chi connectivity index (χ3n) is 2.66. The zero-order valence-corrected chi connectivity index (χ0v) is 10.4. The van der Waals surface area contributed by atoms with Crippen LogP contribution in [0.1, 0.15) is 45.9 Å². The molecule has 0 unspecified atom stereocenters. The van der Waals surface area contributed by atoms with Gasteiger partial charge in [-0.1, -0.05) is 31.1 Å². The second-order valence-electron chi connectivity index (χ2n) is 4.14. The summed E-state index contributed by atoms with van der Waals surface area (Å²) in [5.41, 5.74) is 3.94. The van der Waals surface area contributed by atoms with E-state index in [1.807, 2.05) is 0 Å². The van der Waals surface area contributed by atoms with E-state index in [4.69, 9.17) is 0 Å². The Morgan fingerprint density at radius 2 is 2.06 bits per heavy atom. The molecule has 0 aliphatic heterocycles. The maximum atomic E-state index is 4.04. The molecule has 0 spiro atoms. The van der Waals surface area contributed by atoms with Gasteiger partial charge in [0.2, 0.25) is 0 Å². The summed E-state index contributed by atoms with van der Waals surface area (Å²) in [5, 5.41) is 13.8. The van der Waals surface area contributed by atoms with E-state index in [0.717, 1.165) is 30.7 Å². The molecule has 1 aromatic rings. The van der Waals surface area contributed by atoms with Gasteiger partial charge in [0.05, 0.1) is 0 Å². The molecule has 4 heteroatoms. The fourth-order valence-electron chi connectivity index (χ4n) is 1.85. The molecule has 0 amide bonds. The van der Waals surface area contributed by atoms with E-state index < -0.39 is 0 Å². The quantitative estimate of drug-likeness (QED) is 0.750. The van der Waals surface area contributed by atoms with E-state index in [1.165, 1.54) is 17.6 Å². The van der Waals surface area contributed by atoms with Crippen LogP contribution in [0.15, 0.2) is 23.3 Å². The minimum Gasteiger partial charge on any atom is -0.243 e. The predicted molar refractivity (Wildman–Crippen MR) is 64.9 cm³/mol. The van der Waals surface area contributed by atoms with Gasteiger partial charge in [-0.2, -0.15) is 0 Å². The van der Waals surface area contributed by atoms with E-state index in [-0.39, 0.29) is 0 Å². The Morgan fingerprint density at radius 3 is 2.56 bits per heavy atom. The molecule has 0 fully saturated rings. The van der Waals surface area contributed by atoms with E-state index in [1.54, 1.807) is 0 Å². The normalized spacial score (nSPS) is 12.4. The number of H-pyrrole nitrogens is 1. The molecule has 4 nitrogen and oxygen atoms in total. The number of nitrogens with zero attached hydrogens (tertiary/aromatic N) is 3. The molecular weight excluding hydrogens is 200 g/mol. The van der Waals surface area contributed by atoms with Crippen LogP contribution in [0.3, 0.4) is 0 Å². The van der Waals surface area contributed by atoms with Crippen LogP contribution >= 0.6 is 0 Å². The van der Waals surface area contributed by atoms with Gasteiger partial charge in [0.15, 0.2) is 0 Å². The molecular formula is C12H20N4. The lowest BCUT2D eigenvalue weighted by Gasteiger charge is -2.11. The highest BCUT2D eigenvalue weighted by atomic mass is 15.5. The highest BCUT2D eigenvalue weighted by molar-refractivity contribution is 5.31. The fraction of sp³-hybridized carbons (Fsp3) is 0.583. The first-order valence-corrected chi connectivity index (χ1v) is 5.72. The highest BCUT2D eigenvalue weighted by Crippen LogP contribution is 2.21. The fourth-order valence-corrected chi connectivity index (χ4v) is 1.85. The molecule has 0 aliphatic carbocycles. The molecule has 0 atom stereocenters. The third kappa shape index (κ3) is 3.61. The number of tetrazole rings is 1. The SMILES string of the molecule is C=C(C)/C(CCc1nnn[nH]1)=C(/C)CCC. The molecule has 1 N–H and O–H groups in total. The van der Waals surface area contributed by atoms with Crippen molar-refractivity contribution in [1.82, 2.24) is 20.6 Å². The van der Waals surface area contributed by atoms with Crippen molar-refractivity contribution in [2.75, 3.05) is 0 Å². The average Bonchev–Trinajstić information content (AvgIpc) is 2.70. The van der Waals surface area contributed by atoms with Crippen LogP contribution in [-0.2, 0) is 6.42 Å². The largest absolute Gasteiger partial charge is 0.243 e. The highest BCUT2D eigenvalue weighted by Gasteiger charge is 2.05. The minimum absolute atomic E-state index is 0.836. The van der Waals surface area contributed by atoms with Crippen LogP contribution < -0.4 is 0 Å². The van der Waals surface area contributed by atoms with Crippen molar-refractivity contribution >= 4 is 0 Å². The van der Waals surface area contributed by atoms with Crippen molar-refractivity contribution in [2.24, 2.45) is 0 Å². The van der Waals surface area contributed by atoms with Crippen LogP contribution in [0.25, 0.3) is 0 Å². The van der Waals surface area contributed by atoms with Crippen LogP contribution in [0.2, 0.25) is 0 Å². The molecule has 0 aliphatic rings. The number of rotatable bonds is 6. The lowest BCUT2D eigenvalue weighted by Crippen LogP contribution is -1.96. The van der Waals surface area contributed by atoms with Crippen molar-refractivity contribution in [1.29, 1.82) is 0 Å². The Kier molecular flexibility index (Phi) is 4.89. The third-order valence-corrected chi connectivity index (χ3v) is 2.66. The number of allylic oxidation sites excluding steroid dienone is 3. The maximum Gasteiger partial charge on any atom is 0.148 e. The summed E-state index contributed by atoms with van der Waals surface area (Å²) in [4.78, 5) is 0. The van der Waals surface area contributed by atoms with E-state index >= 15 is 0 Å². The van der Waals surface area contributed by atoms with Gasteiger partial charge >= 0.3 is 0 Å². The van der Waals surface area contributed by atoms with Gasteiger partial charge in [-0.3, -0.25) is 0 Å². The predicted octanol–water partition coefficient (Wildman–Crippen LogP) is 2.83. The lowest BCUT2D eigenvalue weighted by molar-refractivity contribution is 0.823. The van der Waals surface area contributed by atoms with Gasteiger partial charge in [0, 0.05) is 6.42 Å². The van der Waals surface area contributed by atoms with Gasteiger partial charge in [-0.05, 0) is 42.7 Å². The standard InChI is InChI=1S/C12H20N4/c1-5-6-10(4)11(9(2)3)7-8-12-13-15-16-14-12/h2,5-8H2,1,3-4H3,(H,13,14,15,16)/b11-10-. The number of nitrogens with one attached hydrogen (secondary N) is 1. The summed E-state index contributed by atoms with van der Waals surface area (Å²) in [5.74, 6) is 0.836. The van der Waals surface area contributed by atoms with Crippen LogP contribution in [0.4, 0.5) is 0 Å². The smallest absolute Gasteiger partial charge is 0.148 e. The van der Waals surface area contributed by atoms with Crippen LogP contribution in [-0.4, -0.2) is 20.6 Å². The topological polar surface area (TPSA) is 54.5 Å². The van der Waals surface area contributed by atoms with Gasteiger partial charge in [0.1, 0.15) is 5.82 Å². The van der Waals surface area contributed by atoms with E-state index in [9.17, 15) is 0 Å². The molecule has 88 valence electrons. The lowest BCUT2D eigenvalue weighted by atomic mass is 9.96. The number of hydrogen-bond acceptors (Lipinski definition) is 3. The summed E-state index contributed by atoms with van der Waals surface area (Å²) < 4.78 is 0. The molecule has 1 rings (SSSR count). The van der Waals surface area contributed by atoms with E-state index in [2.05, 4.69) is 48.0 Å². The van der Waals surface area contributed by atoms with Gasteiger partial charge in [0.25, 0.3) is 0 Å². The van der Waals surface area contributed by atoms with Crippen molar-refractivity contribution in [3.05, 3.63) is 29.1 Å². The van der Waals surface area contributed by atoms with Crippen molar-refractivity contribution in [3.8, 4) is 0 Å². The second-order valence-corrected chi connectivity index (χ2v) is 4.14. The molecule has 0 aromatic carbocycles. The number of aromatic amines is 1. The maximum absolute atomic E-state index is 4.04. The van der Waals surface area contributed by atoms with Crippen molar-refractivity contribution < 1.29 is 0 Å². The Hall–Kier alpha value is -1.45. The average molecular weight is 220 g/mol. The first kappa shape index (κ1) is 12.6. The number of hydrogen-bond donors (Lipinski definition) is 1. The summed E-state index contributed by atoms with van der Waals surface area (Å²) in [7, 11) is 0. The van der Waals surface area contributed by atoms with E-state index in [0.29, 0.717) is 0 Å². The minimum atomic E-state index is 0.836. The number of aromatic nitrogens is 4. The molecule has 0 bridgehead atoms. The Morgan fingerprint density at radius 1 is 1.31 bits per heavy atom. The Labute approximate surface area is 96.8 Å². The second kappa shape index (κ2) is 6.20. The number of aryl methyl sites for hydroxylation is 1. The van der Waals surface area contributed by atoms with Gasteiger partial charge in [-0.25, -0.2) is 5.10 Å². The summed E-state index contributed by atoms with van der Waals surface area (Å²) in [6.45, 7) is 10.5. The first-order chi connectivity index (χ1) is 7.65. The van der Waals surface area contributed by atoms with Crippen molar-refractivity contribution in [3.63, 3.8) is 0 Å². The van der Waals surface area contributed by atoms with Gasteiger partial charge in [-0.15, -0.1) is 5.10 Å². The van der Waals surface area contributed by atoms with Crippen LogP contribution in [0.5, 0.6) is 0 Å². The summed E-state index contributed by atoms with van der Waals surface area (Å²) in [6, 6.07) is 0. The molecule has 0 saturated heterocycles. The Bertz CT molecular complexity index is 362. The summed E-state index contributed by atoms with van der Waals surface area (Å²) in [6.07, 6.45) is 4.11. The van der Waals surface area contributed by atoms with Crippen molar-refractivity contribution in [2.45, 2.75) is 46.5 Å². The van der Waals surface area contributed by atoms with Gasteiger partial charge < -0.3 is 0 Å². The summed E-state index contributed by atoms with van der Waals surface area (Å²) >= 11 is 0. The molecule has 1 heterocycles. The molecule has 16 heavy (non-hydrogen) atoms. The molecule has 1 aromatic heterocycles. The zero-order valence-electron chi connectivity index (χ0n) is 10.4. The molecule has 0 radical (unpaired) electrons. The zero-order chi connectivity index (χ0) is 12.0. The van der Waals surface area contributed by atoms with Crippen LogP contribution in [0, 0.1) is 0 Å². The monoisotopic (exact) mass is 220 g/mol. The first-order valence-electron chi connectivity index (χ1n) is 5.72. The molecule has 0 saturated carbocycles.